The summed E-state index contributed by atoms with van der Waals surface area (Å²) in [6.07, 6.45) is 1.73. The van der Waals surface area contributed by atoms with Crippen molar-refractivity contribution in [2.45, 2.75) is 24.9 Å². The van der Waals surface area contributed by atoms with E-state index in [9.17, 15) is 4.79 Å². The Hall–Kier alpha value is -1.44. The van der Waals surface area contributed by atoms with Crippen molar-refractivity contribution in [3.05, 3.63) is 33.0 Å². The van der Waals surface area contributed by atoms with E-state index in [2.05, 4.69) is 25.8 Å². The fraction of sp³-hybridized carbons (Fsp3) is 0.500. The Kier molecular flexibility index (Phi) is 4.44. The standard InChI is InChI=1S/C16H21BrN4O2/c1-20(2)16(5-7-23-8-6-16)10-21-14(22)12-9-11(17)3-4-13(12)19-15(21)18/h3-4,9H,5-8,10H2,1-2H3,(H2,18,19). The predicted octanol–water partition coefficient (Wildman–Crippen LogP) is 1.85. The molecule has 0 saturated carbocycles. The van der Waals surface area contributed by atoms with Crippen LogP contribution in [0.5, 0.6) is 0 Å². The third-order valence-electron chi connectivity index (χ3n) is 4.77. The number of hydrogen-bond acceptors (Lipinski definition) is 5. The van der Waals surface area contributed by atoms with Crippen LogP contribution in [0.25, 0.3) is 10.9 Å². The van der Waals surface area contributed by atoms with Crippen LogP contribution in [0.2, 0.25) is 0 Å². The molecule has 1 aromatic heterocycles. The van der Waals surface area contributed by atoms with Crippen molar-refractivity contribution in [3.63, 3.8) is 0 Å². The fourth-order valence-electron chi connectivity index (χ4n) is 3.16. The Morgan fingerprint density at radius 1 is 1.39 bits per heavy atom. The Labute approximate surface area is 143 Å². The highest BCUT2D eigenvalue weighted by Crippen LogP contribution is 2.28. The predicted molar refractivity (Wildman–Crippen MR) is 94.6 cm³/mol. The minimum absolute atomic E-state index is 0.0958. The number of rotatable bonds is 3. The molecular formula is C16H21BrN4O2. The zero-order valence-electron chi connectivity index (χ0n) is 13.4. The number of likely N-dealkylation sites (N-methyl/N-ethyl adjacent to an activating group) is 1. The van der Waals surface area contributed by atoms with Gasteiger partial charge in [-0.15, -0.1) is 0 Å². The molecule has 1 aliphatic heterocycles. The van der Waals surface area contributed by atoms with Gasteiger partial charge < -0.3 is 15.4 Å². The number of nitrogens with two attached hydrogens (primary N) is 1. The molecule has 0 bridgehead atoms. The summed E-state index contributed by atoms with van der Waals surface area (Å²) in [6, 6.07) is 5.46. The third kappa shape index (κ3) is 3.00. The molecule has 2 heterocycles. The van der Waals surface area contributed by atoms with Gasteiger partial charge in [0.1, 0.15) is 0 Å². The smallest absolute Gasteiger partial charge is 0.262 e. The summed E-state index contributed by atoms with van der Waals surface area (Å²) in [5.41, 5.74) is 6.48. The van der Waals surface area contributed by atoms with Crippen molar-refractivity contribution in [1.82, 2.24) is 14.5 Å². The zero-order chi connectivity index (χ0) is 16.6. The molecule has 2 aromatic rings. The second-order valence-electron chi connectivity index (χ2n) is 6.25. The number of hydrogen-bond donors (Lipinski definition) is 1. The number of aromatic nitrogens is 2. The molecule has 0 spiro atoms. The number of fused-ring (bicyclic) bond motifs is 1. The maximum absolute atomic E-state index is 12.9. The number of nitrogen functional groups attached to an aromatic ring is 1. The molecule has 0 atom stereocenters. The van der Waals surface area contributed by atoms with Crippen molar-refractivity contribution in [2.24, 2.45) is 0 Å². The maximum atomic E-state index is 12.9. The molecule has 7 heteroatoms. The van der Waals surface area contributed by atoms with Gasteiger partial charge in [0.25, 0.3) is 5.56 Å². The summed E-state index contributed by atoms with van der Waals surface area (Å²) in [5.74, 6) is 0.262. The zero-order valence-corrected chi connectivity index (χ0v) is 15.0. The first-order valence-corrected chi connectivity index (χ1v) is 8.43. The summed E-state index contributed by atoms with van der Waals surface area (Å²) in [6.45, 7) is 1.91. The topological polar surface area (TPSA) is 73.4 Å². The van der Waals surface area contributed by atoms with E-state index in [1.54, 1.807) is 16.7 Å². The van der Waals surface area contributed by atoms with Crippen molar-refractivity contribution >= 4 is 32.8 Å². The van der Waals surface area contributed by atoms with Crippen molar-refractivity contribution < 1.29 is 4.74 Å². The van der Waals surface area contributed by atoms with Gasteiger partial charge in [0.05, 0.1) is 10.9 Å². The molecule has 0 amide bonds. The molecule has 3 rings (SSSR count). The van der Waals surface area contributed by atoms with Crippen molar-refractivity contribution in [3.8, 4) is 0 Å². The molecule has 1 saturated heterocycles. The van der Waals surface area contributed by atoms with Crippen LogP contribution < -0.4 is 11.3 Å². The Bertz CT molecular complexity index is 781. The average molecular weight is 381 g/mol. The van der Waals surface area contributed by atoms with Crippen LogP contribution in [0.4, 0.5) is 5.95 Å². The molecule has 23 heavy (non-hydrogen) atoms. The van der Waals surface area contributed by atoms with E-state index in [-0.39, 0.29) is 17.0 Å². The van der Waals surface area contributed by atoms with Crippen LogP contribution in [0.3, 0.4) is 0 Å². The van der Waals surface area contributed by atoms with E-state index in [1.807, 2.05) is 20.2 Å². The van der Waals surface area contributed by atoms with E-state index in [0.29, 0.717) is 30.7 Å². The van der Waals surface area contributed by atoms with Gasteiger partial charge >= 0.3 is 0 Å². The molecule has 0 unspecified atom stereocenters. The number of anilines is 1. The van der Waals surface area contributed by atoms with Crippen LogP contribution in [0.1, 0.15) is 12.8 Å². The molecule has 124 valence electrons. The first-order valence-electron chi connectivity index (χ1n) is 7.64. The van der Waals surface area contributed by atoms with Gasteiger partial charge in [0.15, 0.2) is 0 Å². The average Bonchev–Trinajstić information content (AvgIpc) is 2.53. The third-order valence-corrected chi connectivity index (χ3v) is 5.26. The lowest BCUT2D eigenvalue weighted by atomic mass is 9.88. The van der Waals surface area contributed by atoms with Crippen LogP contribution in [-0.4, -0.2) is 47.3 Å². The van der Waals surface area contributed by atoms with Crippen LogP contribution in [-0.2, 0) is 11.3 Å². The van der Waals surface area contributed by atoms with E-state index in [0.717, 1.165) is 17.3 Å². The number of ether oxygens (including phenoxy) is 1. The lowest BCUT2D eigenvalue weighted by Crippen LogP contribution is -2.53. The highest BCUT2D eigenvalue weighted by molar-refractivity contribution is 9.10. The highest BCUT2D eigenvalue weighted by atomic mass is 79.9. The summed E-state index contributed by atoms with van der Waals surface area (Å²) in [4.78, 5) is 19.5. The molecule has 1 fully saturated rings. The second-order valence-corrected chi connectivity index (χ2v) is 7.17. The SMILES string of the molecule is CN(C)C1(Cn2c(N)nc3ccc(Br)cc3c2=O)CCOCC1. The fourth-order valence-corrected chi connectivity index (χ4v) is 3.52. The summed E-state index contributed by atoms with van der Waals surface area (Å²) < 4.78 is 7.94. The second kappa shape index (κ2) is 6.22. The maximum Gasteiger partial charge on any atom is 0.262 e. The summed E-state index contributed by atoms with van der Waals surface area (Å²) in [5, 5.41) is 0.578. The lowest BCUT2D eigenvalue weighted by molar-refractivity contribution is -0.0167. The van der Waals surface area contributed by atoms with Crippen molar-refractivity contribution in [1.29, 1.82) is 0 Å². The Morgan fingerprint density at radius 2 is 2.09 bits per heavy atom. The molecular weight excluding hydrogens is 360 g/mol. The molecule has 6 nitrogen and oxygen atoms in total. The van der Waals surface area contributed by atoms with Gasteiger partial charge in [-0.25, -0.2) is 4.98 Å². The van der Waals surface area contributed by atoms with Gasteiger partial charge in [-0.3, -0.25) is 9.36 Å². The minimum atomic E-state index is -0.141. The van der Waals surface area contributed by atoms with Gasteiger partial charge in [0, 0.05) is 29.8 Å². The molecule has 1 aliphatic rings. The number of benzene rings is 1. The summed E-state index contributed by atoms with van der Waals surface area (Å²) >= 11 is 3.41. The molecule has 0 aliphatic carbocycles. The van der Waals surface area contributed by atoms with E-state index in [1.165, 1.54) is 0 Å². The Morgan fingerprint density at radius 3 is 2.74 bits per heavy atom. The number of nitrogens with zero attached hydrogens (tertiary/aromatic N) is 3. The minimum Gasteiger partial charge on any atom is -0.381 e. The van der Waals surface area contributed by atoms with Gasteiger partial charge in [0.2, 0.25) is 5.95 Å². The van der Waals surface area contributed by atoms with Crippen LogP contribution >= 0.6 is 15.9 Å². The van der Waals surface area contributed by atoms with Gasteiger partial charge in [-0.2, -0.15) is 0 Å². The van der Waals surface area contributed by atoms with E-state index < -0.39 is 0 Å². The van der Waals surface area contributed by atoms with Gasteiger partial charge in [-0.05, 0) is 45.1 Å². The highest BCUT2D eigenvalue weighted by Gasteiger charge is 2.36. The molecule has 0 radical (unpaired) electrons. The van der Waals surface area contributed by atoms with E-state index in [4.69, 9.17) is 10.5 Å². The van der Waals surface area contributed by atoms with Gasteiger partial charge in [-0.1, -0.05) is 15.9 Å². The normalized spacial score (nSPS) is 17.7. The summed E-state index contributed by atoms with van der Waals surface area (Å²) in [7, 11) is 4.08. The van der Waals surface area contributed by atoms with E-state index >= 15 is 0 Å². The monoisotopic (exact) mass is 380 g/mol. The largest absolute Gasteiger partial charge is 0.381 e. The molecule has 2 N–H and O–H groups in total. The quantitative estimate of drug-likeness (QED) is 0.879. The lowest BCUT2D eigenvalue weighted by Gasteiger charge is -2.43. The number of halogens is 1. The van der Waals surface area contributed by atoms with Crippen molar-refractivity contribution in [2.75, 3.05) is 33.0 Å². The first-order chi connectivity index (χ1) is 10.9. The first kappa shape index (κ1) is 16.4. The Balaban J connectivity index is 2.10. The van der Waals surface area contributed by atoms with Crippen LogP contribution in [0.15, 0.2) is 27.5 Å². The van der Waals surface area contributed by atoms with Crippen LogP contribution in [0, 0.1) is 0 Å². The molecule has 1 aromatic carbocycles.